The molecule has 82 valence electrons. The molecule has 1 nitrogen and oxygen atoms in total. The standard InChI is InChI=1S/C14H20O/c1-2-3-4-8-11-13-14(15-13)12-9-6-5-7-10-12/h5-7,9-10,13-14H,2-4,8,11H2,1H3. The minimum atomic E-state index is 0.396. The van der Waals surface area contributed by atoms with E-state index in [1.54, 1.807) is 0 Å². The fourth-order valence-electron chi connectivity index (χ4n) is 2.07. The lowest BCUT2D eigenvalue weighted by Gasteiger charge is -1.96. The average Bonchev–Trinajstić information content (AvgIpc) is 3.05. The van der Waals surface area contributed by atoms with E-state index >= 15 is 0 Å². The molecule has 1 fully saturated rings. The first-order chi connectivity index (χ1) is 7.42. The summed E-state index contributed by atoms with van der Waals surface area (Å²) in [6, 6.07) is 10.6. The SMILES string of the molecule is CCCCCCC1OC1c1ccccc1. The largest absolute Gasteiger partial charge is 0.365 e. The third kappa shape index (κ3) is 3.07. The molecular formula is C14H20O. The van der Waals surface area contributed by atoms with Crippen molar-refractivity contribution >= 4 is 0 Å². The van der Waals surface area contributed by atoms with E-state index in [9.17, 15) is 0 Å². The molecule has 2 rings (SSSR count). The van der Waals surface area contributed by atoms with Gasteiger partial charge in [-0.2, -0.15) is 0 Å². The van der Waals surface area contributed by atoms with Gasteiger partial charge in [-0.3, -0.25) is 0 Å². The van der Waals surface area contributed by atoms with Crippen LogP contribution in [0.5, 0.6) is 0 Å². The maximum Gasteiger partial charge on any atom is 0.109 e. The molecule has 0 radical (unpaired) electrons. The Morgan fingerprint density at radius 2 is 1.87 bits per heavy atom. The van der Waals surface area contributed by atoms with Gasteiger partial charge in [-0.05, 0) is 12.0 Å². The van der Waals surface area contributed by atoms with E-state index in [0.29, 0.717) is 12.2 Å². The minimum absolute atomic E-state index is 0.396. The van der Waals surface area contributed by atoms with Crippen LogP contribution in [0, 0.1) is 0 Å². The summed E-state index contributed by atoms with van der Waals surface area (Å²) < 4.78 is 5.68. The Morgan fingerprint density at radius 3 is 2.60 bits per heavy atom. The lowest BCUT2D eigenvalue weighted by atomic mass is 10.1. The third-order valence-corrected chi connectivity index (χ3v) is 3.05. The molecule has 1 heterocycles. The number of unbranched alkanes of at least 4 members (excludes halogenated alkanes) is 3. The fourth-order valence-corrected chi connectivity index (χ4v) is 2.07. The number of rotatable bonds is 6. The van der Waals surface area contributed by atoms with Gasteiger partial charge >= 0.3 is 0 Å². The van der Waals surface area contributed by atoms with Crippen LogP contribution in [-0.4, -0.2) is 6.10 Å². The molecule has 0 N–H and O–H groups in total. The Bertz CT molecular complexity index is 281. The zero-order valence-corrected chi connectivity index (χ0v) is 9.49. The molecule has 2 atom stereocenters. The smallest absolute Gasteiger partial charge is 0.109 e. The van der Waals surface area contributed by atoms with Gasteiger partial charge in [0.15, 0.2) is 0 Å². The van der Waals surface area contributed by atoms with Crippen LogP contribution in [0.1, 0.15) is 50.7 Å². The van der Waals surface area contributed by atoms with Gasteiger partial charge in [0.25, 0.3) is 0 Å². The fraction of sp³-hybridized carbons (Fsp3) is 0.571. The first kappa shape index (κ1) is 10.7. The Hall–Kier alpha value is -0.820. The summed E-state index contributed by atoms with van der Waals surface area (Å²) in [5, 5.41) is 0. The molecule has 1 aromatic rings. The molecule has 0 saturated carbocycles. The van der Waals surface area contributed by atoms with Crippen molar-refractivity contribution in [3.8, 4) is 0 Å². The molecule has 1 heteroatoms. The summed E-state index contributed by atoms with van der Waals surface area (Å²) >= 11 is 0. The van der Waals surface area contributed by atoms with Gasteiger partial charge in [-0.15, -0.1) is 0 Å². The molecule has 15 heavy (non-hydrogen) atoms. The number of benzene rings is 1. The lowest BCUT2D eigenvalue weighted by Crippen LogP contribution is -1.89. The quantitative estimate of drug-likeness (QED) is 0.502. The summed E-state index contributed by atoms with van der Waals surface area (Å²) in [5.41, 5.74) is 1.35. The molecule has 0 aliphatic carbocycles. The number of hydrogen-bond donors (Lipinski definition) is 0. The van der Waals surface area contributed by atoms with Gasteiger partial charge < -0.3 is 4.74 Å². The summed E-state index contributed by atoms with van der Waals surface area (Å²) in [6.07, 6.45) is 7.49. The lowest BCUT2D eigenvalue weighted by molar-refractivity contribution is 0.360. The minimum Gasteiger partial charge on any atom is -0.365 e. The topological polar surface area (TPSA) is 12.5 Å². The van der Waals surface area contributed by atoms with E-state index < -0.39 is 0 Å². The number of hydrogen-bond acceptors (Lipinski definition) is 1. The summed E-state index contributed by atoms with van der Waals surface area (Å²) in [5.74, 6) is 0. The van der Waals surface area contributed by atoms with Gasteiger partial charge in [-0.25, -0.2) is 0 Å². The zero-order chi connectivity index (χ0) is 10.5. The molecule has 0 amide bonds. The van der Waals surface area contributed by atoms with Crippen LogP contribution < -0.4 is 0 Å². The van der Waals surface area contributed by atoms with E-state index in [4.69, 9.17) is 4.74 Å². The van der Waals surface area contributed by atoms with Gasteiger partial charge in [0.05, 0.1) is 6.10 Å². The van der Waals surface area contributed by atoms with Crippen LogP contribution in [0.15, 0.2) is 30.3 Å². The first-order valence-electron chi connectivity index (χ1n) is 6.12. The molecule has 1 aliphatic heterocycles. The Morgan fingerprint density at radius 1 is 1.07 bits per heavy atom. The van der Waals surface area contributed by atoms with Crippen LogP contribution in [-0.2, 0) is 4.74 Å². The number of ether oxygens (including phenoxy) is 1. The maximum atomic E-state index is 5.68. The van der Waals surface area contributed by atoms with Crippen molar-refractivity contribution in [1.82, 2.24) is 0 Å². The van der Waals surface area contributed by atoms with Crippen LogP contribution in [0.25, 0.3) is 0 Å². The highest BCUT2D eigenvalue weighted by atomic mass is 16.6. The Kier molecular flexibility index (Phi) is 3.79. The van der Waals surface area contributed by atoms with Gasteiger partial charge in [-0.1, -0.05) is 62.9 Å². The molecular weight excluding hydrogens is 184 g/mol. The highest BCUT2D eigenvalue weighted by Gasteiger charge is 2.38. The van der Waals surface area contributed by atoms with Crippen molar-refractivity contribution in [3.05, 3.63) is 35.9 Å². The van der Waals surface area contributed by atoms with Gasteiger partial charge in [0, 0.05) is 0 Å². The van der Waals surface area contributed by atoms with E-state index in [1.807, 2.05) is 0 Å². The molecule has 1 aromatic carbocycles. The van der Waals surface area contributed by atoms with Crippen molar-refractivity contribution in [2.75, 3.05) is 0 Å². The first-order valence-corrected chi connectivity index (χ1v) is 6.12. The van der Waals surface area contributed by atoms with E-state index in [0.717, 1.165) is 0 Å². The number of epoxide rings is 1. The second-order valence-corrected chi connectivity index (χ2v) is 4.36. The van der Waals surface area contributed by atoms with Gasteiger partial charge in [0.2, 0.25) is 0 Å². The molecule has 1 aliphatic rings. The molecule has 0 bridgehead atoms. The van der Waals surface area contributed by atoms with Crippen molar-refractivity contribution in [3.63, 3.8) is 0 Å². The zero-order valence-electron chi connectivity index (χ0n) is 9.49. The molecule has 1 saturated heterocycles. The Labute approximate surface area is 92.5 Å². The summed E-state index contributed by atoms with van der Waals surface area (Å²) in [4.78, 5) is 0. The van der Waals surface area contributed by atoms with E-state index in [1.165, 1.54) is 37.7 Å². The average molecular weight is 204 g/mol. The molecule has 0 aromatic heterocycles. The second-order valence-electron chi connectivity index (χ2n) is 4.36. The van der Waals surface area contributed by atoms with Gasteiger partial charge in [0.1, 0.15) is 6.10 Å². The Balaban J connectivity index is 1.68. The van der Waals surface area contributed by atoms with Crippen LogP contribution in [0.3, 0.4) is 0 Å². The predicted molar refractivity (Wildman–Crippen MR) is 62.8 cm³/mol. The summed E-state index contributed by atoms with van der Waals surface area (Å²) in [7, 11) is 0. The highest BCUT2D eigenvalue weighted by Crippen LogP contribution is 2.41. The van der Waals surface area contributed by atoms with Crippen molar-refractivity contribution in [1.29, 1.82) is 0 Å². The van der Waals surface area contributed by atoms with Crippen molar-refractivity contribution < 1.29 is 4.74 Å². The summed E-state index contributed by atoms with van der Waals surface area (Å²) in [6.45, 7) is 2.25. The molecule has 2 unspecified atom stereocenters. The monoisotopic (exact) mass is 204 g/mol. The van der Waals surface area contributed by atoms with Crippen LogP contribution in [0.2, 0.25) is 0 Å². The third-order valence-electron chi connectivity index (χ3n) is 3.05. The highest BCUT2D eigenvalue weighted by molar-refractivity contribution is 5.22. The maximum absolute atomic E-state index is 5.68. The normalized spacial score (nSPS) is 24.1. The van der Waals surface area contributed by atoms with Crippen molar-refractivity contribution in [2.45, 2.75) is 51.2 Å². The van der Waals surface area contributed by atoms with Crippen LogP contribution >= 0.6 is 0 Å². The predicted octanol–water partition coefficient (Wildman–Crippen LogP) is 4.10. The second kappa shape index (κ2) is 5.32. The van der Waals surface area contributed by atoms with Crippen molar-refractivity contribution in [2.24, 2.45) is 0 Å². The van der Waals surface area contributed by atoms with E-state index in [-0.39, 0.29) is 0 Å². The molecule has 0 spiro atoms. The van der Waals surface area contributed by atoms with Crippen LogP contribution in [0.4, 0.5) is 0 Å². The van der Waals surface area contributed by atoms with E-state index in [2.05, 4.69) is 37.3 Å².